The van der Waals surface area contributed by atoms with Crippen LogP contribution in [0, 0.1) is 0 Å². The van der Waals surface area contributed by atoms with Crippen molar-refractivity contribution in [2.24, 2.45) is 0 Å². The molecule has 1 aromatic carbocycles. The summed E-state index contributed by atoms with van der Waals surface area (Å²) < 4.78 is 10.0. The predicted octanol–water partition coefficient (Wildman–Crippen LogP) is 2.68. The first-order valence-electron chi connectivity index (χ1n) is 8.07. The van der Waals surface area contributed by atoms with Crippen LogP contribution in [0.4, 0.5) is 0 Å². The molecule has 1 unspecified atom stereocenters. The molecule has 0 aliphatic heterocycles. The fourth-order valence-electron chi connectivity index (χ4n) is 2.24. The van der Waals surface area contributed by atoms with Crippen molar-refractivity contribution in [2.75, 3.05) is 20.0 Å². The van der Waals surface area contributed by atoms with Gasteiger partial charge in [-0.2, -0.15) is 11.8 Å². The largest absolute Gasteiger partial charge is 0.497 e. The van der Waals surface area contributed by atoms with E-state index in [1.165, 1.54) is 18.4 Å². The summed E-state index contributed by atoms with van der Waals surface area (Å²) in [6.07, 6.45) is 0.845. The number of carbonyl (C=O) groups is 2. The minimum atomic E-state index is -0.668. The van der Waals surface area contributed by atoms with Crippen LogP contribution in [-0.2, 0) is 26.5 Å². The quantitative estimate of drug-likeness (QED) is 0.624. The number of thiazole rings is 1. The van der Waals surface area contributed by atoms with Crippen LogP contribution in [0.5, 0.6) is 5.75 Å². The average Bonchev–Trinajstić information content (AvgIpc) is 3.18. The van der Waals surface area contributed by atoms with Crippen LogP contribution in [-0.4, -0.2) is 42.9 Å². The number of aromatic nitrogens is 1. The number of esters is 1. The Labute approximate surface area is 161 Å². The molecule has 0 aliphatic rings. The molecule has 1 heterocycles. The molecule has 1 aromatic heterocycles. The van der Waals surface area contributed by atoms with Crippen molar-refractivity contribution >= 4 is 35.0 Å². The van der Waals surface area contributed by atoms with Gasteiger partial charge in [-0.05, 0) is 24.1 Å². The van der Waals surface area contributed by atoms with Crippen molar-refractivity contribution < 1.29 is 19.1 Å². The van der Waals surface area contributed by atoms with Gasteiger partial charge in [-0.3, -0.25) is 4.79 Å². The van der Waals surface area contributed by atoms with E-state index >= 15 is 0 Å². The van der Waals surface area contributed by atoms with Gasteiger partial charge in [0.15, 0.2) is 0 Å². The van der Waals surface area contributed by atoms with Crippen LogP contribution in [0.2, 0.25) is 0 Å². The van der Waals surface area contributed by atoms with Crippen LogP contribution in [0.15, 0.2) is 35.2 Å². The molecule has 0 fully saturated rings. The summed E-state index contributed by atoms with van der Waals surface area (Å²) in [5, 5.41) is 4.67. The van der Waals surface area contributed by atoms with E-state index in [-0.39, 0.29) is 12.3 Å². The van der Waals surface area contributed by atoms with E-state index in [1.54, 1.807) is 24.4 Å². The maximum Gasteiger partial charge on any atom is 0.329 e. The lowest BCUT2D eigenvalue weighted by molar-refractivity contribution is -0.144. The fraction of sp³-hybridized carbons (Fsp3) is 0.389. The molecule has 140 valence electrons. The van der Waals surface area contributed by atoms with Crippen molar-refractivity contribution in [3.8, 4) is 5.75 Å². The van der Waals surface area contributed by atoms with Gasteiger partial charge >= 0.3 is 5.97 Å². The zero-order valence-corrected chi connectivity index (χ0v) is 16.4. The van der Waals surface area contributed by atoms with Gasteiger partial charge in [0.25, 0.3) is 0 Å². The number of thioether (sulfide) groups is 1. The van der Waals surface area contributed by atoms with E-state index in [0.717, 1.165) is 17.0 Å². The van der Waals surface area contributed by atoms with Gasteiger partial charge < -0.3 is 14.8 Å². The standard InChI is InChI=1S/C18H22N2O4S2/c1-23-15-5-3-4-13(8-15)9-25-11-16(18(22)24-2)20-17(21)7-6-14-10-26-12-19-14/h3-5,8,10,12,16H,6-7,9,11H2,1-2H3,(H,20,21). The summed E-state index contributed by atoms with van der Waals surface area (Å²) in [5.74, 6) is 1.31. The van der Waals surface area contributed by atoms with Gasteiger partial charge in [-0.15, -0.1) is 11.3 Å². The Morgan fingerprint density at radius 3 is 2.88 bits per heavy atom. The van der Waals surface area contributed by atoms with E-state index < -0.39 is 12.0 Å². The third-order valence-corrected chi connectivity index (χ3v) is 5.34. The lowest BCUT2D eigenvalue weighted by Crippen LogP contribution is -2.43. The molecule has 1 atom stereocenters. The Hall–Kier alpha value is -2.06. The molecule has 1 amide bonds. The number of aryl methyl sites for hydroxylation is 1. The van der Waals surface area contributed by atoms with Crippen molar-refractivity contribution in [1.29, 1.82) is 0 Å². The topological polar surface area (TPSA) is 77.5 Å². The number of amides is 1. The van der Waals surface area contributed by atoms with Crippen LogP contribution < -0.4 is 10.1 Å². The fourth-order valence-corrected chi connectivity index (χ4v) is 3.82. The van der Waals surface area contributed by atoms with Gasteiger partial charge in [0.1, 0.15) is 11.8 Å². The second kappa shape index (κ2) is 10.8. The van der Waals surface area contributed by atoms with E-state index in [9.17, 15) is 9.59 Å². The normalized spacial score (nSPS) is 11.6. The average molecular weight is 395 g/mol. The molecule has 0 aliphatic carbocycles. The smallest absolute Gasteiger partial charge is 0.329 e. The maximum absolute atomic E-state index is 12.1. The molecular weight excluding hydrogens is 372 g/mol. The van der Waals surface area contributed by atoms with Crippen LogP contribution >= 0.6 is 23.1 Å². The first-order chi connectivity index (χ1) is 12.6. The number of ether oxygens (including phenoxy) is 2. The zero-order valence-electron chi connectivity index (χ0n) is 14.8. The Balaban J connectivity index is 1.82. The highest BCUT2D eigenvalue weighted by Crippen LogP contribution is 2.18. The molecule has 0 radical (unpaired) electrons. The Bertz CT molecular complexity index is 707. The van der Waals surface area contributed by atoms with E-state index in [2.05, 4.69) is 10.3 Å². The van der Waals surface area contributed by atoms with Crippen LogP contribution in [0.1, 0.15) is 17.7 Å². The highest BCUT2D eigenvalue weighted by Gasteiger charge is 2.21. The maximum atomic E-state index is 12.1. The van der Waals surface area contributed by atoms with E-state index in [0.29, 0.717) is 17.9 Å². The van der Waals surface area contributed by atoms with Crippen molar-refractivity contribution in [3.63, 3.8) is 0 Å². The van der Waals surface area contributed by atoms with Crippen LogP contribution in [0.3, 0.4) is 0 Å². The molecule has 26 heavy (non-hydrogen) atoms. The molecule has 0 spiro atoms. The highest BCUT2D eigenvalue weighted by atomic mass is 32.2. The van der Waals surface area contributed by atoms with Gasteiger partial charge in [0.2, 0.25) is 5.91 Å². The number of methoxy groups -OCH3 is 2. The molecule has 1 N–H and O–H groups in total. The number of nitrogens with one attached hydrogen (secondary N) is 1. The molecule has 0 saturated carbocycles. The monoisotopic (exact) mass is 394 g/mol. The van der Waals surface area contributed by atoms with Crippen molar-refractivity contribution in [3.05, 3.63) is 46.4 Å². The molecule has 6 nitrogen and oxygen atoms in total. The lowest BCUT2D eigenvalue weighted by atomic mass is 10.2. The first kappa shape index (κ1) is 20.3. The Morgan fingerprint density at radius 1 is 1.35 bits per heavy atom. The van der Waals surface area contributed by atoms with E-state index in [1.807, 2.05) is 29.6 Å². The minimum Gasteiger partial charge on any atom is -0.497 e. The summed E-state index contributed by atoms with van der Waals surface area (Å²) in [6.45, 7) is 0. The second-order valence-electron chi connectivity index (χ2n) is 5.49. The first-order valence-corrected chi connectivity index (χ1v) is 10.2. The Morgan fingerprint density at radius 2 is 2.19 bits per heavy atom. The second-order valence-corrected chi connectivity index (χ2v) is 7.24. The minimum absolute atomic E-state index is 0.185. The third-order valence-electron chi connectivity index (χ3n) is 3.60. The lowest BCUT2D eigenvalue weighted by Gasteiger charge is -2.16. The Kier molecular flexibility index (Phi) is 8.43. The summed E-state index contributed by atoms with van der Waals surface area (Å²) in [7, 11) is 2.95. The predicted molar refractivity (Wildman–Crippen MR) is 104 cm³/mol. The molecule has 2 aromatic rings. The number of benzene rings is 1. The van der Waals surface area contributed by atoms with Gasteiger partial charge in [0.05, 0.1) is 25.4 Å². The SMILES string of the molecule is COC(=O)C(CSCc1cccc(OC)c1)NC(=O)CCc1cscn1. The van der Waals surface area contributed by atoms with Gasteiger partial charge in [-0.1, -0.05) is 12.1 Å². The zero-order chi connectivity index (χ0) is 18.8. The van der Waals surface area contributed by atoms with Crippen molar-refractivity contribution in [1.82, 2.24) is 10.3 Å². The molecule has 2 rings (SSSR count). The van der Waals surface area contributed by atoms with Crippen LogP contribution in [0.25, 0.3) is 0 Å². The molecule has 8 heteroatoms. The number of hydrogen-bond donors (Lipinski definition) is 1. The van der Waals surface area contributed by atoms with E-state index in [4.69, 9.17) is 9.47 Å². The summed E-state index contributed by atoms with van der Waals surface area (Å²) >= 11 is 3.05. The highest BCUT2D eigenvalue weighted by molar-refractivity contribution is 7.98. The number of rotatable bonds is 10. The number of nitrogens with zero attached hydrogens (tertiary/aromatic N) is 1. The number of hydrogen-bond acceptors (Lipinski definition) is 7. The van der Waals surface area contributed by atoms with Gasteiger partial charge in [0, 0.05) is 23.3 Å². The van der Waals surface area contributed by atoms with Gasteiger partial charge in [-0.25, -0.2) is 9.78 Å². The molecular formula is C18H22N2O4S2. The summed E-state index contributed by atoms with van der Waals surface area (Å²) in [6, 6.07) is 7.08. The summed E-state index contributed by atoms with van der Waals surface area (Å²) in [5.41, 5.74) is 3.71. The van der Waals surface area contributed by atoms with Crippen molar-refractivity contribution in [2.45, 2.75) is 24.6 Å². The summed E-state index contributed by atoms with van der Waals surface area (Å²) in [4.78, 5) is 28.2. The molecule has 0 saturated heterocycles. The third kappa shape index (κ3) is 6.68. The molecule has 0 bridgehead atoms. The number of carbonyl (C=O) groups excluding carboxylic acids is 2.